The molecule has 0 unspecified atom stereocenters. The first kappa shape index (κ1) is 29.7. The van der Waals surface area contributed by atoms with Gasteiger partial charge in [0.15, 0.2) is 6.61 Å². The summed E-state index contributed by atoms with van der Waals surface area (Å²) < 4.78 is 0. The van der Waals surface area contributed by atoms with Crippen LogP contribution in [0.4, 0.5) is 0 Å². The predicted molar refractivity (Wildman–Crippen MR) is 160 cm³/mol. The summed E-state index contributed by atoms with van der Waals surface area (Å²) in [5.41, 5.74) is 2.26. The number of nitrogens with one attached hydrogen (secondary N) is 2. The van der Waals surface area contributed by atoms with Crippen LogP contribution in [0.5, 0.6) is 5.75 Å². The van der Waals surface area contributed by atoms with Crippen LogP contribution in [0, 0.1) is 28.6 Å². The number of benzene rings is 1. The first-order chi connectivity index (χ1) is 20.3. The second-order valence-electron chi connectivity index (χ2n) is 14.0. The van der Waals surface area contributed by atoms with E-state index >= 15 is 0 Å². The van der Waals surface area contributed by atoms with Crippen molar-refractivity contribution in [3.63, 3.8) is 0 Å². The van der Waals surface area contributed by atoms with Gasteiger partial charge in [-0.25, -0.2) is 4.79 Å². The Kier molecular flexibility index (Phi) is 7.36. The zero-order chi connectivity index (χ0) is 30.7. The van der Waals surface area contributed by atoms with Crippen LogP contribution in [0.2, 0.25) is 0 Å². The Bertz CT molecular complexity index is 1490. The molecule has 4 aliphatic carbocycles. The fourth-order valence-corrected chi connectivity index (χ4v) is 9.16. The molecule has 6 rings (SSSR count). The molecule has 1 heterocycles. The van der Waals surface area contributed by atoms with Gasteiger partial charge in [0.1, 0.15) is 11.8 Å². The standard InChI is InChI=1S/C33H43N3O7/c1-31-10-8-20(13-19(31)4-6-22-24-9-11-33(3,42)32(24,2)15-27(38)29(22)31)36-43-17-28(39)35-26(30(40)41)12-18-16-34-25-7-5-21(37)14-23(18)25/h5,7,13-14,16,22,24,26-27,29,34,37-38,42H,4,6,8-12,15,17H2,1-3H3,(H,35,39)(H,40,41)/b36-20-/t22-,24+,26+,27-,29+,31-,32-,33-/m0/s1. The molecule has 10 heteroatoms. The number of H-pyrrole nitrogens is 1. The van der Waals surface area contributed by atoms with Gasteiger partial charge in [-0.1, -0.05) is 24.6 Å². The molecular formula is C33H43N3O7. The highest BCUT2D eigenvalue weighted by Gasteiger charge is 2.64. The number of carbonyl (C=O) groups excluding carboxylic acids is 1. The van der Waals surface area contributed by atoms with Crippen LogP contribution in [-0.4, -0.2) is 67.4 Å². The Morgan fingerprint density at radius 2 is 1.98 bits per heavy atom. The normalized spacial score (nSPS) is 36.8. The smallest absolute Gasteiger partial charge is 0.326 e. The van der Waals surface area contributed by atoms with Crippen molar-refractivity contribution < 1.29 is 34.9 Å². The lowest BCUT2D eigenvalue weighted by molar-refractivity contribution is -0.164. The van der Waals surface area contributed by atoms with Crippen LogP contribution in [-0.2, 0) is 20.8 Å². The van der Waals surface area contributed by atoms with Gasteiger partial charge in [-0.15, -0.1) is 0 Å². The van der Waals surface area contributed by atoms with E-state index in [-0.39, 0.29) is 28.9 Å². The first-order valence-electron chi connectivity index (χ1n) is 15.4. The van der Waals surface area contributed by atoms with Crippen LogP contribution in [0.3, 0.4) is 0 Å². The molecule has 0 radical (unpaired) electrons. The number of rotatable bonds is 7. The van der Waals surface area contributed by atoms with Crippen LogP contribution in [0.15, 0.2) is 41.2 Å². The van der Waals surface area contributed by atoms with E-state index in [0.717, 1.165) is 43.3 Å². The predicted octanol–water partition coefficient (Wildman–Crippen LogP) is 4.04. The number of carbonyl (C=O) groups is 2. The fourth-order valence-electron chi connectivity index (χ4n) is 9.16. The van der Waals surface area contributed by atoms with Crippen LogP contribution in [0.1, 0.15) is 71.3 Å². The average molecular weight is 594 g/mol. The summed E-state index contributed by atoms with van der Waals surface area (Å²) in [6, 6.07) is 3.63. The summed E-state index contributed by atoms with van der Waals surface area (Å²) in [6.07, 6.45) is 9.07. The Hall–Kier alpha value is -3.37. The lowest BCUT2D eigenvalue weighted by Gasteiger charge is -2.60. The molecule has 43 heavy (non-hydrogen) atoms. The van der Waals surface area contributed by atoms with E-state index in [1.54, 1.807) is 24.4 Å². The first-order valence-corrected chi connectivity index (χ1v) is 15.4. The number of phenols is 1. The monoisotopic (exact) mass is 593 g/mol. The topological polar surface area (TPSA) is 164 Å². The van der Waals surface area contributed by atoms with Crippen molar-refractivity contribution in [3.8, 4) is 5.75 Å². The number of hydrogen-bond acceptors (Lipinski definition) is 7. The van der Waals surface area contributed by atoms with Gasteiger partial charge in [-0.2, -0.15) is 0 Å². The number of amides is 1. The third-order valence-corrected chi connectivity index (χ3v) is 11.7. The molecule has 6 N–H and O–H groups in total. The maximum atomic E-state index is 12.6. The number of hydrogen-bond donors (Lipinski definition) is 6. The van der Waals surface area contributed by atoms with E-state index in [2.05, 4.69) is 35.4 Å². The van der Waals surface area contributed by atoms with E-state index in [1.807, 2.05) is 6.92 Å². The van der Waals surface area contributed by atoms with Crippen LogP contribution in [0.25, 0.3) is 10.9 Å². The Balaban J connectivity index is 1.09. The number of aromatic hydroxyl groups is 1. The summed E-state index contributed by atoms with van der Waals surface area (Å²) in [7, 11) is 0. The second-order valence-corrected chi connectivity index (χ2v) is 14.0. The van der Waals surface area contributed by atoms with Crippen molar-refractivity contribution >= 4 is 28.5 Å². The van der Waals surface area contributed by atoms with Crippen molar-refractivity contribution in [2.75, 3.05) is 6.61 Å². The summed E-state index contributed by atoms with van der Waals surface area (Å²) >= 11 is 0. The number of fused-ring (bicyclic) bond motifs is 6. The van der Waals surface area contributed by atoms with Crippen molar-refractivity contribution in [2.24, 2.45) is 33.7 Å². The zero-order valence-electron chi connectivity index (χ0n) is 25.1. The summed E-state index contributed by atoms with van der Waals surface area (Å²) in [5, 5.41) is 49.6. The van der Waals surface area contributed by atoms with Crippen molar-refractivity contribution in [1.82, 2.24) is 10.3 Å². The molecular weight excluding hydrogens is 550 g/mol. The third-order valence-electron chi connectivity index (χ3n) is 11.7. The number of carboxylic acids is 1. The minimum Gasteiger partial charge on any atom is -0.508 e. The molecule has 0 saturated heterocycles. The minimum atomic E-state index is -1.18. The van der Waals surface area contributed by atoms with Gasteiger partial charge in [0.25, 0.3) is 5.91 Å². The zero-order valence-corrected chi connectivity index (χ0v) is 25.1. The van der Waals surface area contributed by atoms with Gasteiger partial charge in [0.05, 0.1) is 17.4 Å². The fraction of sp³-hybridized carbons (Fsp3) is 0.606. The molecule has 2 aromatic rings. The number of allylic oxidation sites excluding steroid dienone is 2. The molecule has 3 fully saturated rings. The minimum absolute atomic E-state index is 0.0370. The molecule has 232 valence electrons. The number of carboxylic acid groups (broad SMARTS) is 1. The number of aliphatic carboxylic acids is 1. The quantitative estimate of drug-likeness (QED) is 0.264. The van der Waals surface area contributed by atoms with Gasteiger partial charge in [0, 0.05) is 28.9 Å². The van der Waals surface area contributed by atoms with Crippen LogP contribution >= 0.6 is 0 Å². The Morgan fingerprint density at radius 1 is 1.19 bits per heavy atom. The van der Waals surface area contributed by atoms with Crippen molar-refractivity contribution in [1.29, 1.82) is 0 Å². The number of aliphatic hydroxyl groups excluding tert-OH is 1. The van der Waals surface area contributed by atoms with E-state index in [9.17, 15) is 30.0 Å². The van der Waals surface area contributed by atoms with Crippen molar-refractivity contribution in [3.05, 3.63) is 41.6 Å². The summed E-state index contributed by atoms with van der Waals surface area (Å²) in [5.74, 6) is -0.767. The van der Waals surface area contributed by atoms with E-state index < -0.39 is 36.2 Å². The Labute approximate surface area is 251 Å². The van der Waals surface area contributed by atoms with Gasteiger partial charge in [-0.05, 0) is 105 Å². The maximum Gasteiger partial charge on any atom is 0.326 e. The number of nitrogens with zero attached hydrogens (tertiary/aromatic N) is 1. The van der Waals surface area contributed by atoms with Crippen LogP contribution < -0.4 is 5.32 Å². The lowest BCUT2D eigenvalue weighted by atomic mass is 9.45. The van der Waals surface area contributed by atoms with E-state index in [0.29, 0.717) is 35.6 Å². The molecule has 0 aliphatic heterocycles. The molecule has 0 spiro atoms. The molecule has 1 amide bonds. The Morgan fingerprint density at radius 3 is 2.74 bits per heavy atom. The van der Waals surface area contributed by atoms with E-state index in [1.165, 1.54) is 5.57 Å². The number of aromatic nitrogens is 1. The number of phenolic OH excluding ortho intramolecular Hbond substituents is 1. The summed E-state index contributed by atoms with van der Waals surface area (Å²) in [4.78, 5) is 32.9. The van der Waals surface area contributed by atoms with E-state index in [4.69, 9.17) is 4.84 Å². The molecule has 3 saturated carbocycles. The highest BCUT2D eigenvalue weighted by molar-refractivity contribution is 5.96. The SMILES string of the molecule is C[C@]12CC/C(=N/OCC(=O)N[C@H](Cc3c[nH]c4ccc(O)cc34)C(=O)O)C=C1CC[C@@H]1[C@@H]2[C@@H](O)C[C@@]2(C)[C@@H]1CC[C@]2(C)O. The second kappa shape index (κ2) is 10.7. The van der Waals surface area contributed by atoms with Gasteiger partial charge < -0.3 is 35.6 Å². The number of aliphatic hydroxyl groups is 2. The van der Waals surface area contributed by atoms with Crippen molar-refractivity contribution in [2.45, 2.75) is 89.9 Å². The lowest BCUT2D eigenvalue weighted by Crippen LogP contribution is -2.59. The van der Waals surface area contributed by atoms with Gasteiger partial charge >= 0.3 is 5.97 Å². The van der Waals surface area contributed by atoms with Gasteiger partial charge in [-0.3, -0.25) is 4.79 Å². The molecule has 4 aliphatic rings. The molecule has 1 aromatic heterocycles. The maximum absolute atomic E-state index is 12.6. The molecule has 1 aromatic carbocycles. The molecule has 0 bridgehead atoms. The number of aromatic amines is 1. The van der Waals surface area contributed by atoms with Gasteiger partial charge in [0.2, 0.25) is 0 Å². The number of oxime groups is 1. The molecule has 10 nitrogen and oxygen atoms in total. The third kappa shape index (κ3) is 5.02. The largest absolute Gasteiger partial charge is 0.508 e. The molecule has 8 atom stereocenters. The highest BCUT2D eigenvalue weighted by atomic mass is 16.6. The highest BCUT2D eigenvalue weighted by Crippen LogP contribution is 2.67. The summed E-state index contributed by atoms with van der Waals surface area (Å²) in [6.45, 7) is 5.97. The average Bonchev–Trinajstić information content (AvgIpc) is 3.44.